The number of fused-ring (bicyclic) bond motifs is 2. The van der Waals surface area contributed by atoms with Gasteiger partial charge in [0.2, 0.25) is 11.8 Å². The molecule has 6 atom stereocenters. The molecule has 2 bridgehead atoms. The van der Waals surface area contributed by atoms with Gasteiger partial charge in [-0.2, -0.15) is 0 Å². The van der Waals surface area contributed by atoms with Crippen LogP contribution < -0.4 is 16.0 Å². The molecule has 1 heterocycles. The largest absolute Gasteiger partial charge is 0.449 e. The topological polar surface area (TPSA) is 114 Å². The van der Waals surface area contributed by atoms with E-state index in [1.165, 1.54) is 6.42 Å². The predicted octanol–water partition coefficient (Wildman–Crippen LogP) is 2.33. The summed E-state index contributed by atoms with van der Waals surface area (Å²) in [6.45, 7) is 4.87. The lowest BCUT2D eigenvalue weighted by Crippen LogP contribution is -2.51. The van der Waals surface area contributed by atoms with E-state index in [2.05, 4.69) is 28.1 Å². The Morgan fingerprint density at radius 1 is 1.25 bits per heavy atom. The molecule has 3 N–H and O–H groups in total. The molecule has 3 aliphatic rings. The Labute approximate surface area is 190 Å². The number of aldehydes is 1. The summed E-state index contributed by atoms with van der Waals surface area (Å²) in [6.07, 6.45) is 10.4. The first-order valence-corrected chi connectivity index (χ1v) is 12.0. The molecule has 0 unspecified atom stereocenters. The molecule has 178 valence electrons. The van der Waals surface area contributed by atoms with E-state index in [-0.39, 0.29) is 24.2 Å². The van der Waals surface area contributed by atoms with Gasteiger partial charge >= 0.3 is 6.09 Å². The number of amides is 3. The minimum absolute atomic E-state index is 0.0890. The van der Waals surface area contributed by atoms with Gasteiger partial charge in [0.25, 0.3) is 0 Å². The molecule has 8 heteroatoms. The Balaban J connectivity index is 1.48. The highest BCUT2D eigenvalue weighted by atomic mass is 16.5. The van der Waals surface area contributed by atoms with E-state index in [1.807, 2.05) is 13.8 Å². The highest BCUT2D eigenvalue weighted by molar-refractivity contribution is 5.88. The number of carbonyl (C=O) groups is 4. The fraction of sp³-hybridized carbons (Fsp3) is 0.750. The van der Waals surface area contributed by atoms with Gasteiger partial charge in [-0.25, -0.2) is 4.79 Å². The minimum Gasteiger partial charge on any atom is -0.449 e. The van der Waals surface area contributed by atoms with Crippen molar-refractivity contribution in [3.63, 3.8) is 0 Å². The maximum atomic E-state index is 12.8. The average Bonchev–Trinajstić information content (AvgIpc) is 3.15. The van der Waals surface area contributed by atoms with Gasteiger partial charge in [0.1, 0.15) is 12.3 Å². The Hall–Kier alpha value is -2.38. The Morgan fingerprint density at radius 3 is 2.72 bits per heavy atom. The fourth-order valence-corrected chi connectivity index (χ4v) is 5.25. The number of nitrogens with one attached hydrogen (secondary N) is 3. The van der Waals surface area contributed by atoms with E-state index >= 15 is 0 Å². The quantitative estimate of drug-likeness (QED) is 0.351. The van der Waals surface area contributed by atoms with Crippen LogP contribution in [0.2, 0.25) is 0 Å². The normalized spacial score (nSPS) is 28.5. The van der Waals surface area contributed by atoms with Gasteiger partial charge < -0.3 is 25.5 Å². The van der Waals surface area contributed by atoms with Crippen molar-refractivity contribution in [3.8, 4) is 0 Å². The Kier molecular flexibility index (Phi) is 8.70. The van der Waals surface area contributed by atoms with Crippen molar-refractivity contribution < 1.29 is 23.9 Å². The number of hydrogen-bond donors (Lipinski definition) is 3. The van der Waals surface area contributed by atoms with Gasteiger partial charge in [-0.3, -0.25) is 9.59 Å². The van der Waals surface area contributed by atoms with Crippen LogP contribution in [0.4, 0.5) is 4.79 Å². The fourth-order valence-electron chi connectivity index (χ4n) is 5.25. The van der Waals surface area contributed by atoms with Crippen LogP contribution in [0, 0.1) is 29.6 Å². The summed E-state index contributed by atoms with van der Waals surface area (Å²) in [4.78, 5) is 48.6. The van der Waals surface area contributed by atoms with Gasteiger partial charge in [-0.15, -0.1) is 0 Å². The molecule has 0 aromatic carbocycles. The third kappa shape index (κ3) is 7.07. The summed E-state index contributed by atoms with van der Waals surface area (Å²) >= 11 is 0. The second-order valence-corrected chi connectivity index (χ2v) is 10.1. The molecule has 8 nitrogen and oxygen atoms in total. The average molecular weight is 448 g/mol. The third-order valence-electron chi connectivity index (χ3n) is 6.78. The molecule has 3 rings (SSSR count). The zero-order chi connectivity index (χ0) is 23.1. The maximum absolute atomic E-state index is 12.8. The standard InChI is InChI=1S/C24H37N3O5/c1-15(2)8-21(23(30)26-20(13-28)12-19-6-7-25-22(19)29)27-24(31)32-14-18-10-16-4-3-5-17(9-16)11-18/h3-4,13,15-21H,5-12,14H2,1-2H3,(H,25,29)(H,26,30)(H,27,31)/t16-,17+,18+,19-,20-,21-/m0/s1. The van der Waals surface area contributed by atoms with E-state index in [0.717, 1.165) is 19.3 Å². The van der Waals surface area contributed by atoms with E-state index in [0.29, 0.717) is 50.0 Å². The Morgan fingerprint density at radius 2 is 2.06 bits per heavy atom. The van der Waals surface area contributed by atoms with Gasteiger partial charge in [0, 0.05) is 12.5 Å². The lowest BCUT2D eigenvalue weighted by molar-refractivity contribution is -0.127. The molecule has 0 radical (unpaired) electrons. The lowest BCUT2D eigenvalue weighted by Gasteiger charge is -2.35. The first-order chi connectivity index (χ1) is 15.3. The van der Waals surface area contributed by atoms with E-state index in [1.54, 1.807) is 0 Å². The van der Waals surface area contributed by atoms with Crippen LogP contribution >= 0.6 is 0 Å². The SMILES string of the molecule is CC(C)C[C@H](NC(=O)OC[C@@H]1C[C@H]2C=CC[C@H](C2)C1)C(=O)N[C@H](C=O)C[C@@H]1CCNC1=O. The highest BCUT2D eigenvalue weighted by Gasteiger charge is 2.32. The summed E-state index contributed by atoms with van der Waals surface area (Å²) in [5.41, 5.74) is 0. The Bertz CT molecular complexity index is 722. The van der Waals surface area contributed by atoms with E-state index < -0.39 is 24.1 Å². The van der Waals surface area contributed by atoms with Gasteiger partial charge in [-0.05, 0) is 68.6 Å². The van der Waals surface area contributed by atoms with Crippen LogP contribution in [-0.4, -0.2) is 49.4 Å². The maximum Gasteiger partial charge on any atom is 0.407 e. The van der Waals surface area contributed by atoms with E-state index in [4.69, 9.17) is 4.74 Å². The van der Waals surface area contributed by atoms with Crippen LogP contribution in [0.15, 0.2) is 12.2 Å². The molecule has 2 aliphatic carbocycles. The molecular formula is C24H37N3O5. The van der Waals surface area contributed by atoms with Crippen LogP contribution in [0.1, 0.15) is 58.8 Å². The van der Waals surface area contributed by atoms with Crippen molar-refractivity contribution in [3.05, 3.63) is 12.2 Å². The molecule has 1 aliphatic heterocycles. The number of rotatable bonds is 10. The molecule has 32 heavy (non-hydrogen) atoms. The van der Waals surface area contributed by atoms with Crippen molar-refractivity contribution in [2.75, 3.05) is 13.2 Å². The zero-order valence-corrected chi connectivity index (χ0v) is 19.2. The summed E-state index contributed by atoms with van der Waals surface area (Å²) in [7, 11) is 0. The number of allylic oxidation sites excluding steroid dienone is 2. The van der Waals surface area contributed by atoms with Crippen molar-refractivity contribution >= 4 is 24.2 Å². The number of ether oxygens (including phenoxy) is 1. The highest BCUT2D eigenvalue weighted by Crippen LogP contribution is 2.39. The summed E-state index contributed by atoms with van der Waals surface area (Å²) < 4.78 is 5.49. The van der Waals surface area contributed by atoms with Crippen molar-refractivity contribution in [2.45, 2.75) is 70.9 Å². The second-order valence-electron chi connectivity index (χ2n) is 10.1. The second kappa shape index (κ2) is 11.5. The van der Waals surface area contributed by atoms with Crippen LogP contribution in [0.3, 0.4) is 0 Å². The zero-order valence-electron chi connectivity index (χ0n) is 19.2. The first kappa shape index (κ1) is 24.3. The molecule has 1 saturated carbocycles. The first-order valence-electron chi connectivity index (χ1n) is 12.0. The van der Waals surface area contributed by atoms with Crippen molar-refractivity contribution in [2.24, 2.45) is 29.6 Å². The van der Waals surface area contributed by atoms with Crippen molar-refractivity contribution in [1.82, 2.24) is 16.0 Å². The number of hydrogen-bond acceptors (Lipinski definition) is 5. The molecule has 2 fully saturated rings. The van der Waals surface area contributed by atoms with Crippen molar-refractivity contribution in [1.29, 1.82) is 0 Å². The van der Waals surface area contributed by atoms with Crippen LogP contribution in [-0.2, 0) is 19.1 Å². The van der Waals surface area contributed by atoms with Gasteiger partial charge in [0.15, 0.2) is 0 Å². The monoisotopic (exact) mass is 447 g/mol. The summed E-state index contributed by atoms with van der Waals surface area (Å²) in [5, 5.41) is 8.12. The van der Waals surface area contributed by atoms with Crippen LogP contribution in [0.25, 0.3) is 0 Å². The van der Waals surface area contributed by atoms with Gasteiger partial charge in [0.05, 0.1) is 12.6 Å². The van der Waals surface area contributed by atoms with Crippen LogP contribution in [0.5, 0.6) is 0 Å². The number of alkyl carbamates (subject to hydrolysis) is 1. The third-order valence-corrected chi connectivity index (χ3v) is 6.78. The molecule has 0 aromatic heterocycles. The summed E-state index contributed by atoms with van der Waals surface area (Å²) in [5.74, 6) is 0.974. The minimum atomic E-state index is -0.795. The molecule has 3 amide bonds. The predicted molar refractivity (Wildman–Crippen MR) is 120 cm³/mol. The van der Waals surface area contributed by atoms with Gasteiger partial charge in [-0.1, -0.05) is 26.0 Å². The lowest BCUT2D eigenvalue weighted by atomic mass is 9.71. The van der Waals surface area contributed by atoms with E-state index in [9.17, 15) is 19.2 Å². The molecule has 0 aromatic rings. The number of carbonyl (C=O) groups excluding carboxylic acids is 4. The molecule has 1 saturated heterocycles. The smallest absolute Gasteiger partial charge is 0.407 e. The summed E-state index contributed by atoms with van der Waals surface area (Å²) in [6, 6.07) is -1.56. The molecule has 0 spiro atoms. The molecular weight excluding hydrogens is 410 g/mol.